The Kier molecular flexibility index (Phi) is 5.40. The number of anilines is 1. The fourth-order valence-electron chi connectivity index (χ4n) is 5.87. The summed E-state index contributed by atoms with van der Waals surface area (Å²) in [6.45, 7) is 0. The molecular weight excluding hydrogens is 496 g/mol. The van der Waals surface area contributed by atoms with Crippen molar-refractivity contribution in [3.8, 4) is 29.0 Å². The van der Waals surface area contributed by atoms with Gasteiger partial charge in [-0.1, -0.05) is 66.7 Å². The minimum absolute atomic E-state index is 0.504. The molecule has 1 aliphatic heterocycles. The molecule has 0 amide bonds. The van der Waals surface area contributed by atoms with Crippen LogP contribution in [0.3, 0.4) is 0 Å². The van der Waals surface area contributed by atoms with Gasteiger partial charge < -0.3 is 19.7 Å². The molecule has 0 aliphatic carbocycles. The van der Waals surface area contributed by atoms with Crippen molar-refractivity contribution in [2.45, 2.75) is 12.5 Å². The molecule has 6 heteroatoms. The number of nitriles is 2. The molecule has 6 aromatic rings. The van der Waals surface area contributed by atoms with E-state index in [-0.39, 0.29) is 0 Å². The molecule has 40 heavy (non-hydrogen) atoms. The smallest absolute Gasteiger partial charge is 0.157 e. The van der Waals surface area contributed by atoms with Crippen molar-refractivity contribution < 1.29 is 10.2 Å². The number of hydrogen-bond acceptors (Lipinski definition) is 5. The summed E-state index contributed by atoms with van der Waals surface area (Å²) in [5, 5.41) is 44.4. The minimum atomic E-state index is -1.14. The van der Waals surface area contributed by atoms with Crippen LogP contribution in [-0.2, 0) is 0 Å². The first-order chi connectivity index (χ1) is 19.6. The third-order valence-electron chi connectivity index (χ3n) is 7.70. The number of aliphatic hydroxyl groups is 2. The van der Waals surface area contributed by atoms with Gasteiger partial charge >= 0.3 is 0 Å². The zero-order valence-electron chi connectivity index (χ0n) is 21.2. The molecule has 1 aliphatic rings. The second-order valence-corrected chi connectivity index (χ2v) is 9.87. The summed E-state index contributed by atoms with van der Waals surface area (Å²) in [5.41, 5.74) is 7.12. The van der Waals surface area contributed by atoms with Crippen LogP contribution >= 0.6 is 0 Å². The highest BCUT2D eigenvalue weighted by molar-refractivity contribution is 6.10. The predicted molar refractivity (Wildman–Crippen MR) is 154 cm³/mol. The van der Waals surface area contributed by atoms with Crippen LogP contribution in [0.1, 0.15) is 34.7 Å². The first-order valence-electron chi connectivity index (χ1n) is 12.9. The molecule has 5 aromatic carbocycles. The maximum absolute atomic E-state index is 11.8. The van der Waals surface area contributed by atoms with E-state index < -0.39 is 12.5 Å². The van der Waals surface area contributed by atoms with Gasteiger partial charge in [-0.3, -0.25) is 0 Å². The van der Waals surface area contributed by atoms with Gasteiger partial charge in [0.2, 0.25) is 0 Å². The van der Waals surface area contributed by atoms with Gasteiger partial charge in [-0.05, 0) is 53.6 Å². The summed E-state index contributed by atoms with van der Waals surface area (Å²) in [5.74, 6) is 0. The number of aromatic nitrogens is 1. The van der Waals surface area contributed by atoms with Gasteiger partial charge in [0.1, 0.15) is 0 Å². The number of fused-ring (bicyclic) bond motifs is 4. The molecule has 0 saturated heterocycles. The molecule has 0 saturated carbocycles. The molecule has 0 radical (unpaired) electrons. The van der Waals surface area contributed by atoms with Gasteiger partial charge in [0.25, 0.3) is 0 Å². The van der Waals surface area contributed by atoms with Gasteiger partial charge in [0.05, 0.1) is 40.0 Å². The quantitative estimate of drug-likeness (QED) is 0.272. The van der Waals surface area contributed by atoms with Crippen LogP contribution in [0.2, 0.25) is 0 Å². The second kappa shape index (κ2) is 9.11. The average molecular weight is 519 g/mol. The molecule has 1 aromatic heterocycles. The summed E-state index contributed by atoms with van der Waals surface area (Å²) in [6, 6.07) is 38.8. The van der Waals surface area contributed by atoms with Gasteiger partial charge in [-0.25, -0.2) is 0 Å². The van der Waals surface area contributed by atoms with Crippen molar-refractivity contribution in [1.82, 2.24) is 4.57 Å². The number of rotatable bonds is 3. The van der Waals surface area contributed by atoms with E-state index in [2.05, 4.69) is 12.1 Å². The highest BCUT2D eigenvalue weighted by Gasteiger charge is 2.39. The fraction of sp³-hybridized carbons (Fsp3) is 0.0588. The van der Waals surface area contributed by atoms with E-state index in [0.29, 0.717) is 33.6 Å². The van der Waals surface area contributed by atoms with Gasteiger partial charge in [-0.15, -0.1) is 0 Å². The van der Waals surface area contributed by atoms with E-state index in [1.54, 1.807) is 17.0 Å². The first-order valence-corrected chi connectivity index (χ1v) is 12.9. The maximum atomic E-state index is 11.8. The zero-order chi connectivity index (χ0) is 27.4. The Morgan fingerprint density at radius 3 is 1.88 bits per heavy atom. The largest absolute Gasteiger partial charge is 0.369 e. The Morgan fingerprint density at radius 2 is 1.23 bits per heavy atom. The summed E-state index contributed by atoms with van der Waals surface area (Å²) in [4.78, 5) is 1.61. The monoisotopic (exact) mass is 518 g/mol. The summed E-state index contributed by atoms with van der Waals surface area (Å²) < 4.78 is 1.98. The number of benzene rings is 5. The summed E-state index contributed by atoms with van der Waals surface area (Å²) >= 11 is 0. The third kappa shape index (κ3) is 3.49. The summed E-state index contributed by atoms with van der Waals surface area (Å²) in [7, 11) is 0. The molecule has 6 nitrogen and oxygen atoms in total. The van der Waals surface area contributed by atoms with E-state index in [4.69, 9.17) is 0 Å². The number of nitrogens with zero attached hydrogens (tertiary/aromatic N) is 4. The lowest BCUT2D eigenvalue weighted by molar-refractivity contribution is 0.110. The van der Waals surface area contributed by atoms with Crippen molar-refractivity contribution in [2.24, 2.45) is 0 Å². The average Bonchev–Trinajstić information content (AvgIpc) is 3.47. The van der Waals surface area contributed by atoms with Crippen LogP contribution in [-0.4, -0.2) is 14.8 Å². The summed E-state index contributed by atoms with van der Waals surface area (Å²) in [6.07, 6.45) is -2.22. The topological polar surface area (TPSA) is 96.2 Å². The Hall–Kier alpha value is -5.40. The highest BCUT2D eigenvalue weighted by atomic mass is 16.3. The van der Waals surface area contributed by atoms with Crippen molar-refractivity contribution in [2.75, 3.05) is 4.90 Å². The van der Waals surface area contributed by atoms with Crippen molar-refractivity contribution >= 4 is 27.5 Å². The molecule has 7 rings (SSSR count). The van der Waals surface area contributed by atoms with E-state index in [1.165, 1.54) is 0 Å². The lowest BCUT2D eigenvalue weighted by Crippen LogP contribution is -2.25. The van der Waals surface area contributed by atoms with Gasteiger partial charge in [-0.2, -0.15) is 10.5 Å². The van der Waals surface area contributed by atoms with Crippen molar-refractivity contribution in [3.63, 3.8) is 0 Å². The molecule has 2 N–H and O–H groups in total. The van der Waals surface area contributed by atoms with Crippen LogP contribution in [0.15, 0.2) is 109 Å². The normalized spacial score (nSPS) is 16.1. The molecule has 190 valence electrons. The van der Waals surface area contributed by atoms with Crippen molar-refractivity contribution in [1.29, 1.82) is 10.5 Å². The maximum Gasteiger partial charge on any atom is 0.157 e. The molecular formula is C34H22N4O2. The van der Waals surface area contributed by atoms with E-state index in [9.17, 15) is 20.7 Å². The molecule has 0 spiro atoms. The third-order valence-corrected chi connectivity index (χ3v) is 7.70. The van der Waals surface area contributed by atoms with Crippen LogP contribution in [0.25, 0.3) is 38.6 Å². The number of hydrogen-bond donors (Lipinski definition) is 2. The Labute approximate surface area is 230 Å². The predicted octanol–water partition coefficient (Wildman–Crippen LogP) is 6.70. The van der Waals surface area contributed by atoms with Crippen LogP contribution in [0.4, 0.5) is 5.69 Å². The van der Waals surface area contributed by atoms with E-state index in [0.717, 1.165) is 32.9 Å². The SMILES string of the molecule is N#Cc1ccc2c3ccc(C#N)cc3n(-c3cccc4c3C(O)N(c3cccc(-c5ccccc5)c3)C4O)c2c1. The Balaban J connectivity index is 1.44. The highest BCUT2D eigenvalue weighted by Crippen LogP contribution is 2.47. The second-order valence-electron chi connectivity index (χ2n) is 9.87. The van der Waals surface area contributed by atoms with Crippen LogP contribution in [0.5, 0.6) is 0 Å². The zero-order valence-corrected chi connectivity index (χ0v) is 21.2. The Morgan fingerprint density at radius 1 is 0.600 bits per heavy atom. The lowest BCUT2D eigenvalue weighted by Gasteiger charge is -2.27. The molecule has 2 unspecified atom stereocenters. The van der Waals surface area contributed by atoms with Gasteiger partial charge in [0, 0.05) is 27.6 Å². The van der Waals surface area contributed by atoms with Gasteiger partial charge in [0.15, 0.2) is 12.5 Å². The molecule has 2 atom stereocenters. The standard InChI is InChI=1S/C34H22N4O2/c35-19-21-12-14-26-27-15-13-22(20-36)17-31(27)38(30(26)16-21)29-11-5-10-28-32(29)34(40)37(33(28)39)25-9-4-8-24(18-25)23-6-2-1-3-7-23/h1-18,33-34,39-40H. The first kappa shape index (κ1) is 23.7. The van der Waals surface area contributed by atoms with Crippen LogP contribution < -0.4 is 4.90 Å². The molecule has 0 fully saturated rings. The Bertz CT molecular complexity index is 1960. The molecule has 0 bridgehead atoms. The lowest BCUT2D eigenvalue weighted by atomic mass is 10.0. The van der Waals surface area contributed by atoms with Crippen LogP contribution in [0, 0.1) is 22.7 Å². The fourth-order valence-corrected chi connectivity index (χ4v) is 5.87. The van der Waals surface area contributed by atoms with E-state index in [1.807, 2.05) is 102 Å². The van der Waals surface area contributed by atoms with E-state index >= 15 is 0 Å². The molecule has 2 heterocycles. The minimum Gasteiger partial charge on any atom is -0.369 e. The van der Waals surface area contributed by atoms with Crippen molar-refractivity contribution in [3.05, 3.63) is 131 Å². The number of aliphatic hydroxyl groups excluding tert-OH is 2.